The Morgan fingerprint density at radius 2 is 1.88 bits per heavy atom. The van der Waals surface area contributed by atoms with Gasteiger partial charge in [0.15, 0.2) is 0 Å². The van der Waals surface area contributed by atoms with E-state index in [1.807, 2.05) is 30.3 Å². The fourth-order valence-electron chi connectivity index (χ4n) is 1.55. The van der Waals surface area contributed by atoms with E-state index in [2.05, 4.69) is 5.32 Å². The van der Waals surface area contributed by atoms with Gasteiger partial charge in [0.1, 0.15) is 0 Å². The molecule has 1 aromatic carbocycles. The lowest BCUT2D eigenvalue weighted by Gasteiger charge is -2.37. The van der Waals surface area contributed by atoms with Crippen LogP contribution in [0.15, 0.2) is 30.3 Å². The van der Waals surface area contributed by atoms with E-state index in [0.717, 1.165) is 5.69 Å². The van der Waals surface area contributed by atoms with Crippen LogP contribution >= 0.6 is 0 Å². The fourth-order valence-corrected chi connectivity index (χ4v) is 1.55. The third-order valence-electron chi connectivity index (χ3n) is 2.60. The Morgan fingerprint density at radius 1 is 1.25 bits per heavy atom. The van der Waals surface area contributed by atoms with Gasteiger partial charge < -0.3 is 16.0 Å². The van der Waals surface area contributed by atoms with Gasteiger partial charge in [-0.1, -0.05) is 18.2 Å². The Kier molecular flexibility index (Phi) is 2.76. The minimum Gasteiger partial charge on any atom is -0.369 e. The Morgan fingerprint density at radius 3 is 2.44 bits per heavy atom. The number of carbonyl (C=O) groups is 2. The second-order valence-corrected chi connectivity index (χ2v) is 3.80. The van der Waals surface area contributed by atoms with E-state index in [1.54, 1.807) is 4.90 Å². The minimum absolute atomic E-state index is 0.191. The summed E-state index contributed by atoms with van der Waals surface area (Å²) in [7, 11) is 0. The highest BCUT2D eigenvalue weighted by molar-refractivity contribution is 5.91. The largest absolute Gasteiger partial charge is 0.369 e. The molecule has 1 aliphatic rings. The number of nitrogens with one attached hydrogen (secondary N) is 1. The van der Waals surface area contributed by atoms with Gasteiger partial charge in [0.25, 0.3) is 0 Å². The van der Waals surface area contributed by atoms with Crippen molar-refractivity contribution < 1.29 is 9.59 Å². The van der Waals surface area contributed by atoms with Gasteiger partial charge in [-0.2, -0.15) is 0 Å². The quantitative estimate of drug-likeness (QED) is 0.765. The second-order valence-electron chi connectivity index (χ2n) is 3.80. The summed E-state index contributed by atoms with van der Waals surface area (Å²) in [5.41, 5.74) is 5.86. The van der Waals surface area contributed by atoms with E-state index in [0.29, 0.717) is 13.1 Å². The predicted octanol–water partition coefficient (Wildman–Crippen LogP) is 0.636. The first-order valence-corrected chi connectivity index (χ1v) is 5.07. The number of likely N-dealkylation sites (tertiary alicyclic amines) is 1. The van der Waals surface area contributed by atoms with Gasteiger partial charge >= 0.3 is 6.03 Å². The molecule has 1 fully saturated rings. The molecule has 0 atom stereocenters. The van der Waals surface area contributed by atoms with Crippen molar-refractivity contribution in [2.75, 3.05) is 18.4 Å². The number of nitrogens with two attached hydrogens (primary N) is 1. The third kappa shape index (κ3) is 2.13. The van der Waals surface area contributed by atoms with Crippen LogP contribution in [0.3, 0.4) is 0 Å². The molecule has 1 aliphatic heterocycles. The molecule has 16 heavy (non-hydrogen) atoms. The molecule has 2 rings (SSSR count). The molecular weight excluding hydrogens is 206 g/mol. The van der Waals surface area contributed by atoms with Crippen molar-refractivity contribution in [3.63, 3.8) is 0 Å². The first-order chi connectivity index (χ1) is 7.66. The molecule has 1 saturated heterocycles. The monoisotopic (exact) mass is 219 g/mol. The summed E-state index contributed by atoms with van der Waals surface area (Å²) >= 11 is 0. The number of nitrogens with zero attached hydrogens (tertiary/aromatic N) is 1. The van der Waals surface area contributed by atoms with E-state index >= 15 is 0 Å². The van der Waals surface area contributed by atoms with E-state index < -0.39 is 0 Å². The normalized spacial score (nSPS) is 15.4. The molecule has 3 amide bonds. The smallest absolute Gasteiger partial charge is 0.321 e. The molecule has 5 nitrogen and oxygen atoms in total. The highest BCUT2D eigenvalue weighted by Gasteiger charge is 2.34. The van der Waals surface area contributed by atoms with Gasteiger partial charge in [-0.05, 0) is 12.1 Å². The zero-order valence-corrected chi connectivity index (χ0v) is 8.72. The summed E-state index contributed by atoms with van der Waals surface area (Å²) in [4.78, 5) is 24.0. The van der Waals surface area contributed by atoms with Gasteiger partial charge in [0, 0.05) is 18.8 Å². The number of carbonyl (C=O) groups excluding carboxylic acids is 2. The van der Waals surface area contributed by atoms with Crippen molar-refractivity contribution in [3.8, 4) is 0 Å². The topological polar surface area (TPSA) is 75.4 Å². The van der Waals surface area contributed by atoms with Gasteiger partial charge in [-0.15, -0.1) is 0 Å². The molecule has 1 aromatic rings. The number of hydrogen-bond acceptors (Lipinski definition) is 2. The Balaban J connectivity index is 1.85. The van der Waals surface area contributed by atoms with Crippen LogP contribution in [0.1, 0.15) is 0 Å². The SMILES string of the molecule is NC(=O)C1CN(C(=O)Nc2ccccc2)C1. The van der Waals surface area contributed by atoms with Crippen LogP contribution < -0.4 is 11.1 Å². The zero-order valence-electron chi connectivity index (χ0n) is 8.72. The van der Waals surface area contributed by atoms with E-state index in [4.69, 9.17) is 5.73 Å². The average Bonchev–Trinajstić information content (AvgIpc) is 2.15. The molecule has 5 heteroatoms. The molecular formula is C11H13N3O2. The van der Waals surface area contributed by atoms with Crippen molar-refractivity contribution >= 4 is 17.6 Å². The summed E-state index contributed by atoms with van der Waals surface area (Å²) in [6.45, 7) is 0.821. The van der Waals surface area contributed by atoms with Crippen LogP contribution in [-0.2, 0) is 4.79 Å². The maximum Gasteiger partial charge on any atom is 0.321 e. The molecule has 0 unspecified atom stereocenters. The maximum absolute atomic E-state index is 11.6. The van der Waals surface area contributed by atoms with Crippen LogP contribution in [0.4, 0.5) is 10.5 Å². The number of rotatable bonds is 2. The van der Waals surface area contributed by atoms with E-state index in [9.17, 15) is 9.59 Å². The molecule has 0 radical (unpaired) electrons. The average molecular weight is 219 g/mol. The maximum atomic E-state index is 11.6. The van der Waals surface area contributed by atoms with Crippen LogP contribution in [0.2, 0.25) is 0 Å². The van der Waals surface area contributed by atoms with E-state index in [1.165, 1.54) is 0 Å². The van der Waals surface area contributed by atoms with Crippen LogP contribution in [-0.4, -0.2) is 29.9 Å². The molecule has 3 N–H and O–H groups in total. The standard InChI is InChI=1S/C11H13N3O2/c12-10(15)8-6-14(7-8)11(16)13-9-4-2-1-3-5-9/h1-5,8H,6-7H2,(H2,12,15)(H,13,16). The van der Waals surface area contributed by atoms with Crippen molar-refractivity contribution in [2.45, 2.75) is 0 Å². The van der Waals surface area contributed by atoms with Crippen LogP contribution in [0.25, 0.3) is 0 Å². The molecule has 84 valence electrons. The molecule has 0 aliphatic carbocycles. The van der Waals surface area contributed by atoms with Crippen molar-refractivity contribution in [1.82, 2.24) is 4.90 Å². The molecule has 1 heterocycles. The van der Waals surface area contributed by atoms with Gasteiger partial charge in [0.05, 0.1) is 5.92 Å². The number of primary amides is 1. The Bertz CT molecular complexity index is 399. The first-order valence-electron chi connectivity index (χ1n) is 5.07. The number of amides is 3. The second kappa shape index (κ2) is 4.22. The van der Waals surface area contributed by atoms with E-state index in [-0.39, 0.29) is 17.9 Å². The number of benzene rings is 1. The summed E-state index contributed by atoms with van der Waals surface area (Å²) < 4.78 is 0. The lowest BCUT2D eigenvalue weighted by molar-refractivity contribution is -0.125. The predicted molar refractivity (Wildman–Crippen MR) is 59.7 cm³/mol. The lowest BCUT2D eigenvalue weighted by atomic mass is 10.0. The van der Waals surface area contributed by atoms with Crippen LogP contribution in [0.5, 0.6) is 0 Å². The van der Waals surface area contributed by atoms with Gasteiger partial charge in [-0.25, -0.2) is 4.79 Å². The highest BCUT2D eigenvalue weighted by Crippen LogP contribution is 2.16. The third-order valence-corrected chi connectivity index (χ3v) is 2.60. The zero-order chi connectivity index (χ0) is 11.5. The van der Waals surface area contributed by atoms with Crippen molar-refractivity contribution in [2.24, 2.45) is 11.7 Å². The van der Waals surface area contributed by atoms with Gasteiger partial charge in [0.2, 0.25) is 5.91 Å². The number of hydrogen-bond donors (Lipinski definition) is 2. The Labute approximate surface area is 93.2 Å². The summed E-state index contributed by atoms with van der Waals surface area (Å²) in [6, 6.07) is 8.99. The minimum atomic E-state index is -0.344. The summed E-state index contributed by atoms with van der Waals surface area (Å²) in [5.74, 6) is -0.537. The first kappa shape index (κ1) is 10.5. The molecule has 0 bridgehead atoms. The summed E-state index contributed by atoms with van der Waals surface area (Å²) in [5, 5.41) is 2.74. The molecule has 0 aromatic heterocycles. The summed E-state index contributed by atoms with van der Waals surface area (Å²) in [6.07, 6.45) is 0. The fraction of sp³-hybridized carbons (Fsp3) is 0.273. The molecule has 0 saturated carbocycles. The number of urea groups is 1. The number of para-hydroxylation sites is 1. The van der Waals surface area contributed by atoms with Gasteiger partial charge in [-0.3, -0.25) is 4.79 Å². The molecule has 0 spiro atoms. The number of anilines is 1. The van der Waals surface area contributed by atoms with Crippen LogP contribution in [0, 0.1) is 5.92 Å². The van der Waals surface area contributed by atoms with Crippen molar-refractivity contribution in [3.05, 3.63) is 30.3 Å². The lowest BCUT2D eigenvalue weighted by Crippen LogP contribution is -2.55. The Hall–Kier alpha value is -2.04. The van der Waals surface area contributed by atoms with Crippen molar-refractivity contribution in [1.29, 1.82) is 0 Å². The highest BCUT2D eigenvalue weighted by atomic mass is 16.2.